The molecule has 104 valence electrons. The zero-order valence-electron chi connectivity index (χ0n) is 11.7. The monoisotopic (exact) mass is 278 g/mol. The lowest BCUT2D eigenvalue weighted by Crippen LogP contribution is -2.57. The molecule has 0 saturated heterocycles. The van der Waals surface area contributed by atoms with Crippen molar-refractivity contribution in [2.75, 3.05) is 0 Å². The lowest BCUT2D eigenvalue weighted by atomic mass is 9.61. The first-order chi connectivity index (χ1) is 9.21. The Morgan fingerprint density at radius 1 is 1.16 bits per heavy atom. The Balaban J connectivity index is 1.74. The molecule has 2 aliphatic rings. The standard InChI is InChI=1S/C17H23ClO/c1-13-7-6-8-14(11-13)19-16-12-15(18)17(16)9-4-2-3-5-10-17/h6-8,11,15-16H,2-5,9-10,12H2,1H3. The lowest BCUT2D eigenvalue weighted by molar-refractivity contribution is -0.0512. The van der Waals surface area contributed by atoms with Crippen LogP contribution in [0.25, 0.3) is 0 Å². The van der Waals surface area contributed by atoms with Crippen LogP contribution in [0.2, 0.25) is 0 Å². The van der Waals surface area contributed by atoms with Gasteiger partial charge in [0, 0.05) is 17.2 Å². The first-order valence-electron chi connectivity index (χ1n) is 7.58. The summed E-state index contributed by atoms with van der Waals surface area (Å²) in [5, 5.41) is 0.320. The highest BCUT2D eigenvalue weighted by atomic mass is 35.5. The SMILES string of the molecule is Cc1cccc(OC2CC(Cl)C23CCCCCC3)c1. The molecule has 0 aromatic heterocycles. The molecule has 0 amide bonds. The Kier molecular flexibility index (Phi) is 3.75. The third-order valence-corrected chi connectivity index (χ3v) is 5.60. The fraction of sp³-hybridized carbons (Fsp3) is 0.647. The van der Waals surface area contributed by atoms with E-state index in [9.17, 15) is 0 Å². The summed E-state index contributed by atoms with van der Waals surface area (Å²) in [4.78, 5) is 0. The van der Waals surface area contributed by atoms with Gasteiger partial charge in [0.1, 0.15) is 11.9 Å². The van der Waals surface area contributed by atoms with Crippen molar-refractivity contribution in [2.24, 2.45) is 5.41 Å². The molecule has 1 nitrogen and oxygen atoms in total. The molecule has 0 radical (unpaired) electrons. The van der Waals surface area contributed by atoms with Gasteiger partial charge < -0.3 is 4.74 Å². The van der Waals surface area contributed by atoms with Crippen LogP contribution in [0.5, 0.6) is 5.75 Å². The Bertz CT molecular complexity index is 435. The predicted molar refractivity (Wildman–Crippen MR) is 80.0 cm³/mol. The van der Waals surface area contributed by atoms with Gasteiger partial charge in [-0.25, -0.2) is 0 Å². The minimum Gasteiger partial charge on any atom is -0.490 e. The van der Waals surface area contributed by atoms with E-state index in [2.05, 4.69) is 31.2 Å². The van der Waals surface area contributed by atoms with E-state index >= 15 is 0 Å². The normalized spacial score (nSPS) is 29.6. The van der Waals surface area contributed by atoms with Gasteiger partial charge in [0.15, 0.2) is 0 Å². The molecule has 1 spiro atoms. The number of halogens is 1. The van der Waals surface area contributed by atoms with E-state index in [1.54, 1.807) is 0 Å². The molecule has 0 aliphatic heterocycles. The van der Waals surface area contributed by atoms with Crippen molar-refractivity contribution in [3.8, 4) is 5.75 Å². The maximum Gasteiger partial charge on any atom is 0.120 e. The molecule has 19 heavy (non-hydrogen) atoms. The van der Waals surface area contributed by atoms with E-state index in [0.717, 1.165) is 12.2 Å². The van der Waals surface area contributed by atoms with Gasteiger partial charge in [0.25, 0.3) is 0 Å². The van der Waals surface area contributed by atoms with Crippen molar-refractivity contribution >= 4 is 11.6 Å². The van der Waals surface area contributed by atoms with Crippen LogP contribution in [0.1, 0.15) is 50.5 Å². The summed E-state index contributed by atoms with van der Waals surface area (Å²) in [6, 6.07) is 8.38. The molecule has 2 unspecified atom stereocenters. The van der Waals surface area contributed by atoms with E-state index in [-0.39, 0.29) is 5.41 Å². The molecule has 0 bridgehead atoms. The first-order valence-corrected chi connectivity index (χ1v) is 8.02. The van der Waals surface area contributed by atoms with Crippen molar-refractivity contribution in [3.63, 3.8) is 0 Å². The van der Waals surface area contributed by atoms with Crippen LogP contribution < -0.4 is 4.74 Å². The van der Waals surface area contributed by atoms with E-state index in [1.165, 1.54) is 44.1 Å². The molecule has 0 N–H and O–H groups in total. The summed E-state index contributed by atoms with van der Waals surface area (Å²) >= 11 is 6.57. The fourth-order valence-electron chi connectivity index (χ4n) is 3.74. The molecule has 2 atom stereocenters. The first kappa shape index (κ1) is 13.3. The predicted octanol–water partition coefficient (Wildman–Crippen LogP) is 5.09. The van der Waals surface area contributed by atoms with E-state index in [1.807, 2.05) is 0 Å². The van der Waals surface area contributed by atoms with Crippen LogP contribution in [0, 0.1) is 12.3 Å². The third-order valence-electron chi connectivity index (χ3n) is 4.99. The Labute approximate surface area is 121 Å². The molecule has 1 aromatic rings. The maximum atomic E-state index is 6.57. The second-order valence-corrected chi connectivity index (χ2v) is 6.80. The van der Waals surface area contributed by atoms with Crippen LogP contribution in [0.15, 0.2) is 24.3 Å². The highest BCUT2D eigenvalue weighted by Gasteiger charge is 2.55. The quantitative estimate of drug-likeness (QED) is 0.684. The summed E-state index contributed by atoms with van der Waals surface area (Å²) in [6.45, 7) is 2.11. The largest absolute Gasteiger partial charge is 0.490 e. The number of benzene rings is 1. The highest BCUT2D eigenvalue weighted by molar-refractivity contribution is 6.21. The summed E-state index contributed by atoms with van der Waals surface area (Å²) in [5.74, 6) is 1.01. The molecular weight excluding hydrogens is 256 g/mol. The molecule has 1 aromatic carbocycles. The zero-order chi connectivity index (χ0) is 13.3. The molecule has 2 heteroatoms. The van der Waals surface area contributed by atoms with Gasteiger partial charge in [0.2, 0.25) is 0 Å². The van der Waals surface area contributed by atoms with Gasteiger partial charge >= 0.3 is 0 Å². The van der Waals surface area contributed by atoms with E-state index in [0.29, 0.717) is 11.5 Å². The molecule has 3 rings (SSSR count). The number of hydrogen-bond acceptors (Lipinski definition) is 1. The number of rotatable bonds is 2. The van der Waals surface area contributed by atoms with Gasteiger partial charge in [-0.3, -0.25) is 0 Å². The fourth-order valence-corrected chi connectivity index (χ4v) is 4.26. The Morgan fingerprint density at radius 3 is 2.53 bits per heavy atom. The topological polar surface area (TPSA) is 9.23 Å². The molecule has 2 aliphatic carbocycles. The van der Waals surface area contributed by atoms with Gasteiger partial charge in [-0.1, -0.05) is 37.8 Å². The van der Waals surface area contributed by atoms with Crippen LogP contribution >= 0.6 is 11.6 Å². The molecule has 2 fully saturated rings. The van der Waals surface area contributed by atoms with Crippen molar-refractivity contribution in [1.29, 1.82) is 0 Å². The molecule has 2 saturated carbocycles. The van der Waals surface area contributed by atoms with E-state index in [4.69, 9.17) is 16.3 Å². The zero-order valence-corrected chi connectivity index (χ0v) is 12.5. The number of hydrogen-bond donors (Lipinski definition) is 0. The summed E-state index contributed by atoms with van der Waals surface area (Å²) in [5.41, 5.74) is 1.51. The minimum atomic E-state index is 0.252. The van der Waals surface area contributed by atoms with Crippen molar-refractivity contribution in [3.05, 3.63) is 29.8 Å². The summed E-state index contributed by atoms with van der Waals surface area (Å²) in [7, 11) is 0. The maximum absolute atomic E-state index is 6.57. The molecule has 0 heterocycles. The second-order valence-electron chi connectivity index (χ2n) is 6.27. The highest BCUT2D eigenvalue weighted by Crippen LogP contribution is 2.54. The Morgan fingerprint density at radius 2 is 1.89 bits per heavy atom. The average molecular weight is 279 g/mol. The van der Waals surface area contributed by atoms with Gasteiger partial charge in [-0.05, 0) is 37.5 Å². The van der Waals surface area contributed by atoms with Gasteiger partial charge in [-0.15, -0.1) is 11.6 Å². The molecular formula is C17H23ClO. The Hall–Kier alpha value is -0.690. The van der Waals surface area contributed by atoms with Crippen LogP contribution in [-0.2, 0) is 0 Å². The van der Waals surface area contributed by atoms with Gasteiger partial charge in [0.05, 0.1) is 0 Å². The van der Waals surface area contributed by atoms with Crippen LogP contribution in [0.3, 0.4) is 0 Å². The minimum absolute atomic E-state index is 0.252. The van der Waals surface area contributed by atoms with Gasteiger partial charge in [-0.2, -0.15) is 0 Å². The summed E-state index contributed by atoms with van der Waals surface area (Å²) < 4.78 is 6.27. The smallest absolute Gasteiger partial charge is 0.120 e. The second kappa shape index (κ2) is 5.36. The number of ether oxygens (including phenoxy) is 1. The van der Waals surface area contributed by atoms with Crippen molar-refractivity contribution in [2.45, 2.75) is 63.4 Å². The lowest BCUT2D eigenvalue weighted by Gasteiger charge is -2.53. The van der Waals surface area contributed by atoms with Crippen molar-refractivity contribution in [1.82, 2.24) is 0 Å². The van der Waals surface area contributed by atoms with Crippen LogP contribution in [-0.4, -0.2) is 11.5 Å². The number of alkyl halides is 1. The summed E-state index contributed by atoms with van der Waals surface area (Å²) in [6.07, 6.45) is 9.19. The average Bonchev–Trinajstić information content (AvgIpc) is 2.66. The van der Waals surface area contributed by atoms with Crippen LogP contribution in [0.4, 0.5) is 0 Å². The van der Waals surface area contributed by atoms with Crippen molar-refractivity contribution < 1.29 is 4.74 Å². The number of aryl methyl sites for hydroxylation is 1. The van der Waals surface area contributed by atoms with E-state index < -0.39 is 0 Å². The third kappa shape index (κ3) is 2.50.